The highest BCUT2D eigenvalue weighted by Crippen LogP contribution is 2.38. The molecule has 1 N–H and O–H groups in total. The van der Waals surface area contributed by atoms with Gasteiger partial charge in [-0.3, -0.25) is 9.59 Å². The number of amides is 1. The molecule has 108 valence electrons. The molecule has 4 nitrogen and oxygen atoms in total. The third kappa shape index (κ3) is 3.59. The number of carbonyl (C=O) groups is 2. The molecule has 2 rings (SSSR count). The number of ether oxygens (including phenoxy) is 1. The molecule has 0 aliphatic heterocycles. The van der Waals surface area contributed by atoms with E-state index in [4.69, 9.17) is 4.74 Å². The number of methoxy groups -OCH3 is 1. The summed E-state index contributed by atoms with van der Waals surface area (Å²) in [5, 5.41) is 2.97. The van der Waals surface area contributed by atoms with Crippen molar-refractivity contribution in [2.24, 2.45) is 11.8 Å². The number of esters is 1. The highest BCUT2D eigenvalue weighted by Gasteiger charge is 2.40. The summed E-state index contributed by atoms with van der Waals surface area (Å²) in [6.07, 6.45) is 1.09. The van der Waals surface area contributed by atoms with E-state index in [-0.39, 0.29) is 30.3 Å². The van der Waals surface area contributed by atoms with Gasteiger partial charge in [0, 0.05) is 5.92 Å². The van der Waals surface area contributed by atoms with Gasteiger partial charge in [-0.05, 0) is 24.8 Å². The van der Waals surface area contributed by atoms with Gasteiger partial charge in [0.05, 0.1) is 19.6 Å². The molecule has 1 aliphatic rings. The van der Waals surface area contributed by atoms with Gasteiger partial charge in [-0.1, -0.05) is 36.8 Å². The maximum atomic E-state index is 12.1. The number of aryl methyl sites for hydroxylation is 1. The first kappa shape index (κ1) is 14.6. The third-order valence-corrected chi connectivity index (χ3v) is 3.84. The summed E-state index contributed by atoms with van der Waals surface area (Å²) in [5.74, 6) is 0.263. The second kappa shape index (κ2) is 6.07. The zero-order valence-corrected chi connectivity index (χ0v) is 12.2. The van der Waals surface area contributed by atoms with Gasteiger partial charge < -0.3 is 10.1 Å². The first-order valence-corrected chi connectivity index (χ1v) is 6.95. The Kier molecular flexibility index (Phi) is 4.42. The Labute approximate surface area is 119 Å². The molecule has 20 heavy (non-hydrogen) atoms. The third-order valence-electron chi connectivity index (χ3n) is 3.84. The summed E-state index contributed by atoms with van der Waals surface area (Å²) in [7, 11) is 1.36. The molecule has 0 heterocycles. The fraction of sp³-hybridized carbons (Fsp3) is 0.500. The molecule has 0 radical (unpaired) electrons. The van der Waals surface area contributed by atoms with Gasteiger partial charge in [-0.2, -0.15) is 0 Å². The zero-order valence-electron chi connectivity index (χ0n) is 12.2. The molecule has 4 heteroatoms. The maximum absolute atomic E-state index is 12.1. The van der Waals surface area contributed by atoms with Crippen LogP contribution in [0.15, 0.2) is 24.3 Å². The van der Waals surface area contributed by atoms with Crippen LogP contribution in [0.2, 0.25) is 0 Å². The highest BCUT2D eigenvalue weighted by molar-refractivity contribution is 5.82. The summed E-state index contributed by atoms with van der Waals surface area (Å²) >= 11 is 0. The van der Waals surface area contributed by atoms with Gasteiger partial charge in [0.15, 0.2) is 0 Å². The average Bonchev–Trinajstić information content (AvgIpc) is 3.16. The number of benzene rings is 1. The summed E-state index contributed by atoms with van der Waals surface area (Å²) in [6, 6.07) is 7.53. The first-order valence-electron chi connectivity index (χ1n) is 6.95. The predicted molar refractivity (Wildman–Crippen MR) is 76.0 cm³/mol. The van der Waals surface area contributed by atoms with Crippen LogP contribution in [-0.2, 0) is 14.3 Å². The van der Waals surface area contributed by atoms with Gasteiger partial charge in [0.25, 0.3) is 0 Å². The van der Waals surface area contributed by atoms with Gasteiger partial charge in [-0.15, -0.1) is 0 Å². The van der Waals surface area contributed by atoms with E-state index in [0.29, 0.717) is 5.92 Å². The Morgan fingerprint density at radius 2 is 1.95 bits per heavy atom. The molecule has 0 saturated heterocycles. The van der Waals surface area contributed by atoms with Crippen LogP contribution in [0.3, 0.4) is 0 Å². The van der Waals surface area contributed by atoms with Crippen molar-refractivity contribution in [3.63, 3.8) is 0 Å². The largest absolute Gasteiger partial charge is 0.469 e. The number of carbonyl (C=O) groups excluding carboxylic acids is 2. The van der Waals surface area contributed by atoms with Crippen LogP contribution in [0, 0.1) is 18.8 Å². The Balaban J connectivity index is 2.09. The lowest BCUT2D eigenvalue weighted by molar-refractivity contribution is -0.141. The zero-order chi connectivity index (χ0) is 14.7. The molecular formula is C16H21NO3. The number of hydrogen-bond donors (Lipinski definition) is 1. The number of hydrogen-bond acceptors (Lipinski definition) is 3. The van der Waals surface area contributed by atoms with Crippen LogP contribution in [-0.4, -0.2) is 19.0 Å². The average molecular weight is 275 g/mol. The summed E-state index contributed by atoms with van der Waals surface area (Å²) < 4.78 is 4.71. The molecule has 0 unspecified atom stereocenters. The standard InChI is InChI=1S/C16H21NO3/c1-10-4-6-12(7-5-10)14(9-15(18)20-3)17-16(19)13-8-11(13)2/h4-7,11,13-14H,8-9H2,1-3H3,(H,17,19)/t11-,13-,14+/m1/s1. The van der Waals surface area contributed by atoms with Crippen molar-refractivity contribution in [1.82, 2.24) is 5.32 Å². The monoisotopic (exact) mass is 275 g/mol. The van der Waals surface area contributed by atoms with E-state index in [1.165, 1.54) is 7.11 Å². The minimum Gasteiger partial charge on any atom is -0.469 e. The normalized spacial score (nSPS) is 21.9. The summed E-state index contributed by atoms with van der Waals surface area (Å²) in [4.78, 5) is 23.6. The SMILES string of the molecule is COC(=O)C[C@H](NC(=O)[C@@H]1C[C@H]1C)c1ccc(C)cc1. The lowest BCUT2D eigenvalue weighted by Crippen LogP contribution is -2.31. The maximum Gasteiger partial charge on any atom is 0.307 e. The van der Waals surface area contributed by atoms with Crippen LogP contribution < -0.4 is 5.32 Å². The quantitative estimate of drug-likeness (QED) is 0.839. The Morgan fingerprint density at radius 3 is 2.45 bits per heavy atom. The van der Waals surface area contributed by atoms with Crippen molar-refractivity contribution in [2.45, 2.75) is 32.7 Å². The molecule has 1 amide bonds. The minimum atomic E-state index is -0.320. The van der Waals surface area contributed by atoms with Gasteiger partial charge in [0.2, 0.25) is 5.91 Å². The van der Waals surface area contributed by atoms with Gasteiger partial charge >= 0.3 is 5.97 Å². The van der Waals surface area contributed by atoms with Crippen LogP contribution in [0.5, 0.6) is 0 Å². The molecule has 1 saturated carbocycles. The van der Waals surface area contributed by atoms with Crippen molar-refractivity contribution >= 4 is 11.9 Å². The molecule has 0 spiro atoms. The molecule has 1 fully saturated rings. The predicted octanol–water partition coefficient (Wildman–Crippen LogP) is 2.37. The lowest BCUT2D eigenvalue weighted by Gasteiger charge is -2.18. The lowest BCUT2D eigenvalue weighted by atomic mass is 10.0. The van der Waals surface area contributed by atoms with E-state index in [1.807, 2.05) is 31.2 Å². The van der Waals surface area contributed by atoms with Crippen molar-refractivity contribution in [3.05, 3.63) is 35.4 Å². The number of rotatable bonds is 5. The molecule has 1 aromatic rings. The van der Waals surface area contributed by atoms with E-state index >= 15 is 0 Å². The van der Waals surface area contributed by atoms with Crippen molar-refractivity contribution in [1.29, 1.82) is 0 Å². The van der Waals surface area contributed by atoms with Crippen LogP contribution in [0.25, 0.3) is 0 Å². The first-order chi connectivity index (χ1) is 9.51. The van der Waals surface area contributed by atoms with Crippen molar-refractivity contribution < 1.29 is 14.3 Å². The smallest absolute Gasteiger partial charge is 0.307 e. The molecular weight excluding hydrogens is 254 g/mol. The second-order valence-corrected chi connectivity index (χ2v) is 5.57. The molecule has 0 aromatic heterocycles. The molecule has 1 aromatic carbocycles. The Morgan fingerprint density at radius 1 is 1.35 bits per heavy atom. The van der Waals surface area contributed by atoms with Crippen LogP contribution >= 0.6 is 0 Å². The minimum absolute atomic E-state index is 0.0342. The van der Waals surface area contributed by atoms with Crippen LogP contribution in [0.4, 0.5) is 0 Å². The van der Waals surface area contributed by atoms with E-state index in [1.54, 1.807) is 0 Å². The van der Waals surface area contributed by atoms with E-state index in [2.05, 4.69) is 12.2 Å². The molecule has 0 bridgehead atoms. The topological polar surface area (TPSA) is 55.4 Å². The second-order valence-electron chi connectivity index (χ2n) is 5.57. The van der Waals surface area contributed by atoms with Crippen molar-refractivity contribution in [3.8, 4) is 0 Å². The highest BCUT2D eigenvalue weighted by atomic mass is 16.5. The molecule has 1 aliphatic carbocycles. The van der Waals surface area contributed by atoms with Crippen LogP contribution in [0.1, 0.15) is 36.9 Å². The fourth-order valence-electron chi connectivity index (χ4n) is 2.27. The van der Waals surface area contributed by atoms with E-state index in [9.17, 15) is 9.59 Å². The van der Waals surface area contributed by atoms with E-state index in [0.717, 1.165) is 17.5 Å². The van der Waals surface area contributed by atoms with Gasteiger partial charge in [-0.25, -0.2) is 0 Å². The summed E-state index contributed by atoms with van der Waals surface area (Å²) in [6.45, 7) is 4.06. The van der Waals surface area contributed by atoms with Crippen molar-refractivity contribution in [2.75, 3.05) is 7.11 Å². The van der Waals surface area contributed by atoms with E-state index < -0.39 is 0 Å². The number of nitrogens with one attached hydrogen (secondary N) is 1. The van der Waals surface area contributed by atoms with Gasteiger partial charge in [0.1, 0.15) is 0 Å². The molecule has 3 atom stereocenters. The Hall–Kier alpha value is -1.84. The fourth-order valence-corrected chi connectivity index (χ4v) is 2.27. The summed E-state index contributed by atoms with van der Waals surface area (Å²) in [5.41, 5.74) is 2.08. The Bertz CT molecular complexity index is 495.